The lowest BCUT2D eigenvalue weighted by molar-refractivity contribution is -0.129. The molecule has 1 aliphatic carbocycles. The van der Waals surface area contributed by atoms with E-state index in [1.807, 2.05) is 6.07 Å². The van der Waals surface area contributed by atoms with Crippen LogP contribution in [0.25, 0.3) is 10.9 Å². The van der Waals surface area contributed by atoms with E-state index in [2.05, 4.69) is 5.32 Å². The maximum absolute atomic E-state index is 14.0. The molecule has 7 heteroatoms. The molecule has 1 fully saturated rings. The third kappa shape index (κ3) is 4.49. The molecule has 0 bridgehead atoms. The summed E-state index contributed by atoms with van der Waals surface area (Å²) in [6.07, 6.45) is 4.30. The van der Waals surface area contributed by atoms with Gasteiger partial charge in [0.1, 0.15) is 12.2 Å². The smallest absolute Gasteiger partial charge is 0.253 e. The van der Waals surface area contributed by atoms with Crippen LogP contribution in [0.5, 0.6) is 0 Å². The molecular weight excluding hydrogens is 381 g/mol. The molecule has 1 N–H and O–H groups in total. The van der Waals surface area contributed by atoms with Crippen LogP contribution in [0.15, 0.2) is 24.4 Å². The molecule has 0 radical (unpaired) electrons. The number of alkyl halides is 1. The first-order chi connectivity index (χ1) is 13.2. The van der Waals surface area contributed by atoms with Gasteiger partial charge in [0, 0.05) is 32.2 Å². The second-order valence-corrected chi connectivity index (χ2v) is 8.57. The summed E-state index contributed by atoms with van der Waals surface area (Å²) in [5.74, 6) is -0.00466. The van der Waals surface area contributed by atoms with Crippen LogP contribution >= 0.6 is 11.6 Å². The van der Waals surface area contributed by atoms with Crippen molar-refractivity contribution >= 4 is 34.3 Å². The fourth-order valence-corrected chi connectivity index (χ4v) is 3.99. The van der Waals surface area contributed by atoms with Crippen molar-refractivity contribution in [2.75, 3.05) is 20.6 Å². The molecule has 3 rings (SSSR count). The Hall–Kier alpha value is -2.08. The van der Waals surface area contributed by atoms with E-state index in [-0.39, 0.29) is 24.3 Å². The Kier molecular flexibility index (Phi) is 5.98. The minimum Gasteiger partial charge on any atom is -0.352 e. The van der Waals surface area contributed by atoms with E-state index in [4.69, 9.17) is 11.6 Å². The zero-order valence-corrected chi connectivity index (χ0v) is 17.4. The van der Waals surface area contributed by atoms with Crippen LogP contribution in [-0.4, -0.2) is 47.6 Å². The summed E-state index contributed by atoms with van der Waals surface area (Å²) in [6, 6.07) is 5.39. The summed E-state index contributed by atoms with van der Waals surface area (Å²) in [5, 5.41) is 4.10. The van der Waals surface area contributed by atoms with Gasteiger partial charge in [-0.3, -0.25) is 9.59 Å². The quantitative estimate of drug-likeness (QED) is 0.813. The van der Waals surface area contributed by atoms with Gasteiger partial charge in [0.2, 0.25) is 5.91 Å². The second-order valence-electron chi connectivity index (χ2n) is 8.16. The van der Waals surface area contributed by atoms with Crippen LogP contribution in [0.4, 0.5) is 4.39 Å². The number of carbonyl (C=O) groups is 2. The fourth-order valence-electron chi connectivity index (χ4n) is 3.71. The zero-order valence-electron chi connectivity index (χ0n) is 16.6. The van der Waals surface area contributed by atoms with Crippen molar-refractivity contribution in [2.45, 2.75) is 44.8 Å². The highest BCUT2D eigenvalue weighted by molar-refractivity contribution is 6.36. The Balaban J connectivity index is 1.78. The van der Waals surface area contributed by atoms with Crippen molar-refractivity contribution in [3.8, 4) is 0 Å². The maximum atomic E-state index is 14.0. The van der Waals surface area contributed by atoms with Crippen LogP contribution in [0.3, 0.4) is 0 Å². The van der Waals surface area contributed by atoms with Crippen LogP contribution in [0, 0.1) is 5.92 Å². The zero-order chi connectivity index (χ0) is 20.5. The van der Waals surface area contributed by atoms with Gasteiger partial charge in [-0.2, -0.15) is 0 Å². The Labute approximate surface area is 169 Å². The summed E-state index contributed by atoms with van der Waals surface area (Å²) in [4.78, 5) is 26.5. The van der Waals surface area contributed by atoms with Gasteiger partial charge in [-0.05, 0) is 50.7 Å². The Morgan fingerprint density at radius 2 is 2.00 bits per heavy atom. The minimum absolute atomic E-state index is 0.0692. The fraction of sp³-hybridized carbons (Fsp3) is 0.524. The molecule has 0 atom stereocenters. The Morgan fingerprint density at radius 3 is 2.64 bits per heavy atom. The molecule has 0 saturated heterocycles. The van der Waals surface area contributed by atoms with E-state index >= 15 is 0 Å². The number of likely N-dealkylation sites (N-methyl/N-ethyl adjacent to an activating group) is 1. The minimum atomic E-state index is -1.08. The summed E-state index contributed by atoms with van der Waals surface area (Å²) < 4.78 is 15.7. The summed E-state index contributed by atoms with van der Waals surface area (Å²) in [5.41, 5.74) is 0.123. The highest BCUT2D eigenvalue weighted by Crippen LogP contribution is 2.34. The van der Waals surface area contributed by atoms with Crippen LogP contribution in [0.1, 0.15) is 43.0 Å². The number of nitrogens with zero attached hydrogens (tertiary/aromatic N) is 2. The molecule has 0 aliphatic heterocycles. The summed E-state index contributed by atoms with van der Waals surface area (Å²) in [7, 11) is 3.39. The number of benzene rings is 1. The predicted octanol–water partition coefficient (Wildman–Crippen LogP) is 4.03. The van der Waals surface area contributed by atoms with Crippen molar-refractivity contribution in [2.24, 2.45) is 5.92 Å². The highest BCUT2D eigenvalue weighted by atomic mass is 35.5. The SMILES string of the molecule is CN(C)C(=O)Cn1cc(C(=O)NCC2CCC(C)(F)CC2)c2c(Cl)cccc21. The number of fused-ring (bicyclic) bond motifs is 1. The molecule has 1 aromatic heterocycles. The topological polar surface area (TPSA) is 54.3 Å². The molecule has 2 aromatic rings. The Morgan fingerprint density at radius 1 is 1.32 bits per heavy atom. The summed E-state index contributed by atoms with van der Waals surface area (Å²) >= 11 is 6.37. The van der Waals surface area contributed by atoms with Gasteiger partial charge < -0.3 is 14.8 Å². The third-order valence-corrected chi connectivity index (χ3v) is 5.92. The van der Waals surface area contributed by atoms with Crippen molar-refractivity contribution in [1.29, 1.82) is 0 Å². The van der Waals surface area contributed by atoms with Crippen LogP contribution < -0.4 is 5.32 Å². The highest BCUT2D eigenvalue weighted by Gasteiger charge is 2.30. The molecule has 0 unspecified atom stereocenters. The van der Waals surface area contributed by atoms with Crippen molar-refractivity contribution < 1.29 is 14.0 Å². The number of halogens is 2. The standard InChI is InChI=1S/C21H27ClFN3O2/c1-21(23)9-7-14(8-10-21)11-24-20(28)15-12-26(13-18(27)25(2)3)17-6-4-5-16(22)19(15)17/h4-6,12,14H,7-11,13H2,1-3H3,(H,24,28). The molecule has 1 saturated carbocycles. The van der Waals surface area contributed by atoms with Crippen LogP contribution in [-0.2, 0) is 11.3 Å². The molecule has 152 valence electrons. The van der Waals surface area contributed by atoms with Gasteiger partial charge in [-0.1, -0.05) is 17.7 Å². The van der Waals surface area contributed by atoms with Gasteiger partial charge in [-0.25, -0.2) is 4.39 Å². The number of nitrogens with one attached hydrogen (secondary N) is 1. The van der Waals surface area contributed by atoms with E-state index in [0.717, 1.165) is 18.4 Å². The predicted molar refractivity (Wildman–Crippen MR) is 109 cm³/mol. The lowest BCUT2D eigenvalue weighted by atomic mass is 9.81. The van der Waals surface area contributed by atoms with E-state index in [0.29, 0.717) is 35.4 Å². The van der Waals surface area contributed by atoms with Gasteiger partial charge >= 0.3 is 0 Å². The van der Waals surface area contributed by atoms with Gasteiger partial charge in [-0.15, -0.1) is 0 Å². The van der Waals surface area contributed by atoms with Gasteiger partial charge in [0.25, 0.3) is 5.91 Å². The number of aromatic nitrogens is 1. The number of carbonyl (C=O) groups excluding carboxylic acids is 2. The molecule has 1 aromatic carbocycles. The largest absolute Gasteiger partial charge is 0.352 e. The monoisotopic (exact) mass is 407 g/mol. The van der Waals surface area contributed by atoms with Crippen molar-refractivity contribution in [3.05, 3.63) is 35.0 Å². The number of amides is 2. The molecule has 1 heterocycles. The molecular formula is C21H27ClFN3O2. The number of rotatable bonds is 5. The first kappa shape index (κ1) is 20.6. The molecule has 2 amide bonds. The van der Waals surface area contributed by atoms with Crippen LogP contribution in [0.2, 0.25) is 5.02 Å². The Bertz CT molecular complexity index is 881. The van der Waals surface area contributed by atoms with E-state index in [1.165, 1.54) is 4.90 Å². The average Bonchev–Trinajstić information content (AvgIpc) is 3.00. The van der Waals surface area contributed by atoms with Gasteiger partial charge in [0.05, 0.1) is 16.1 Å². The van der Waals surface area contributed by atoms with Gasteiger partial charge in [0.15, 0.2) is 0 Å². The molecule has 0 spiro atoms. The lowest BCUT2D eigenvalue weighted by Gasteiger charge is -2.31. The average molecular weight is 408 g/mol. The molecule has 28 heavy (non-hydrogen) atoms. The normalized spacial score (nSPS) is 22.2. The third-order valence-electron chi connectivity index (χ3n) is 5.60. The maximum Gasteiger partial charge on any atom is 0.253 e. The second kappa shape index (κ2) is 8.11. The van der Waals surface area contributed by atoms with E-state index in [1.54, 1.807) is 43.9 Å². The van der Waals surface area contributed by atoms with E-state index in [9.17, 15) is 14.0 Å². The van der Waals surface area contributed by atoms with Crippen molar-refractivity contribution in [1.82, 2.24) is 14.8 Å². The molecule has 5 nitrogen and oxygen atoms in total. The number of hydrogen-bond acceptors (Lipinski definition) is 2. The first-order valence-corrected chi connectivity index (χ1v) is 10.0. The lowest BCUT2D eigenvalue weighted by Crippen LogP contribution is -2.34. The van der Waals surface area contributed by atoms with Crippen molar-refractivity contribution in [3.63, 3.8) is 0 Å². The van der Waals surface area contributed by atoms with E-state index < -0.39 is 5.67 Å². The number of hydrogen-bond donors (Lipinski definition) is 1. The molecule has 1 aliphatic rings. The summed E-state index contributed by atoms with van der Waals surface area (Å²) in [6.45, 7) is 2.30. The first-order valence-electron chi connectivity index (χ1n) is 9.62.